The topological polar surface area (TPSA) is 44.3 Å². The first-order chi connectivity index (χ1) is 7.77. The molecule has 1 saturated heterocycles. The van der Waals surface area contributed by atoms with Crippen LogP contribution in [0.2, 0.25) is 0 Å². The highest BCUT2D eigenvalue weighted by atomic mass is 16.6. The Morgan fingerprint density at radius 2 is 1.81 bits per heavy atom. The molecule has 1 fully saturated rings. The van der Waals surface area contributed by atoms with Gasteiger partial charge in [-0.05, 0) is 13.0 Å². The normalized spacial score (nSPS) is 19.9. The van der Waals surface area contributed by atoms with Crippen molar-refractivity contribution in [2.24, 2.45) is 0 Å². The van der Waals surface area contributed by atoms with Gasteiger partial charge in [0.2, 0.25) is 0 Å². The second-order valence-electron chi connectivity index (χ2n) is 4.65. The number of quaternary nitrogens is 1. The Morgan fingerprint density at radius 1 is 1.12 bits per heavy atom. The Balaban J connectivity index is 1.93. The number of nitrogens with zero attached hydrogens (tertiary/aromatic N) is 1. The summed E-state index contributed by atoms with van der Waals surface area (Å²) in [5.41, 5.74) is 0. The summed E-state index contributed by atoms with van der Waals surface area (Å²) in [6.07, 6.45) is 4.80. The van der Waals surface area contributed by atoms with Gasteiger partial charge >= 0.3 is 0 Å². The summed E-state index contributed by atoms with van der Waals surface area (Å²) < 4.78 is 5.16. The van der Waals surface area contributed by atoms with Gasteiger partial charge in [-0.1, -0.05) is 19.8 Å². The largest absolute Gasteiger partial charge is 0.633 e. The summed E-state index contributed by atoms with van der Waals surface area (Å²) >= 11 is 0. The minimum absolute atomic E-state index is 0.0450. The number of nitrogens with one attached hydrogen (secondary N) is 1. The molecule has 1 heterocycles. The third-order valence-electron chi connectivity index (χ3n) is 3.16. The van der Waals surface area contributed by atoms with Crippen molar-refractivity contribution in [1.29, 1.82) is 0 Å². The molecule has 0 aliphatic carbocycles. The molecule has 1 aliphatic rings. The Labute approximate surface area is 99.1 Å². The van der Waals surface area contributed by atoms with E-state index >= 15 is 0 Å². The van der Waals surface area contributed by atoms with Crippen molar-refractivity contribution >= 4 is 0 Å². The van der Waals surface area contributed by atoms with Gasteiger partial charge in [0.25, 0.3) is 0 Å². The Hall–Kier alpha value is -0.160. The second-order valence-corrected chi connectivity index (χ2v) is 4.65. The van der Waals surface area contributed by atoms with Crippen LogP contribution >= 0.6 is 0 Å². The zero-order chi connectivity index (χ0) is 11.7. The molecule has 0 aromatic heterocycles. The lowest BCUT2D eigenvalue weighted by Crippen LogP contribution is -2.51. The van der Waals surface area contributed by atoms with E-state index in [0.717, 1.165) is 26.1 Å². The Kier molecular flexibility index (Phi) is 6.96. The van der Waals surface area contributed by atoms with Gasteiger partial charge in [0.15, 0.2) is 0 Å². The van der Waals surface area contributed by atoms with Crippen molar-refractivity contribution in [2.45, 2.75) is 32.6 Å². The first-order valence-electron chi connectivity index (χ1n) is 6.62. The van der Waals surface area contributed by atoms with Crippen LogP contribution in [0.25, 0.3) is 0 Å². The zero-order valence-corrected chi connectivity index (χ0v) is 10.5. The van der Waals surface area contributed by atoms with Gasteiger partial charge in [-0.25, -0.2) is 0 Å². The molecular weight excluding hydrogens is 204 g/mol. The predicted octanol–water partition coefficient (Wildman–Crippen LogP) is 1.50. The number of morpholine rings is 1. The van der Waals surface area contributed by atoms with Gasteiger partial charge in [0, 0.05) is 13.0 Å². The maximum Gasteiger partial charge on any atom is 0.102 e. The van der Waals surface area contributed by atoms with E-state index in [-0.39, 0.29) is 4.65 Å². The SMILES string of the molecule is CCCCCNCCC[N+]1([O-])CCOCC1. The smallest absolute Gasteiger partial charge is 0.102 e. The molecule has 0 aromatic carbocycles. The number of hydroxylamine groups is 3. The van der Waals surface area contributed by atoms with E-state index in [4.69, 9.17) is 4.74 Å². The van der Waals surface area contributed by atoms with Gasteiger partial charge in [-0.2, -0.15) is 0 Å². The summed E-state index contributed by atoms with van der Waals surface area (Å²) in [7, 11) is 0. The van der Waals surface area contributed by atoms with Gasteiger partial charge in [0.1, 0.15) is 13.1 Å². The van der Waals surface area contributed by atoms with E-state index in [9.17, 15) is 5.21 Å². The third-order valence-corrected chi connectivity index (χ3v) is 3.16. The molecule has 0 saturated carbocycles. The molecule has 0 bridgehead atoms. The summed E-state index contributed by atoms with van der Waals surface area (Å²) in [6.45, 7) is 7.56. The monoisotopic (exact) mass is 230 g/mol. The van der Waals surface area contributed by atoms with Gasteiger partial charge in [-0.15, -0.1) is 0 Å². The van der Waals surface area contributed by atoms with Gasteiger partial charge < -0.3 is 19.9 Å². The summed E-state index contributed by atoms with van der Waals surface area (Å²) in [6, 6.07) is 0. The van der Waals surface area contributed by atoms with Crippen molar-refractivity contribution in [3.8, 4) is 0 Å². The van der Waals surface area contributed by atoms with Crippen LogP contribution in [0.4, 0.5) is 0 Å². The highest BCUT2D eigenvalue weighted by molar-refractivity contribution is 4.53. The lowest BCUT2D eigenvalue weighted by Gasteiger charge is -2.45. The molecule has 1 N–H and O–H groups in total. The quantitative estimate of drug-likeness (QED) is 0.390. The van der Waals surface area contributed by atoms with Crippen LogP contribution in [0.3, 0.4) is 0 Å². The third kappa shape index (κ3) is 5.80. The molecule has 1 rings (SSSR count). The van der Waals surface area contributed by atoms with Gasteiger partial charge in [0.05, 0.1) is 19.8 Å². The first-order valence-corrected chi connectivity index (χ1v) is 6.62. The molecule has 4 heteroatoms. The number of hydrogen-bond acceptors (Lipinski definition) is 3. The van der Waals surface area contributed by atoms with E-state index in [1.807, 2.05) is 0 Å². The lowest BCUT2D eigenvalue weighted by atomic mass is 10.2. The number of ether oxygens (including phenoxy) is 1. The van der Waals surface area contributed by atoms with Gasteiger partial charge in [-0.3, -0.25) is 0 Å². The fourth-order valence-corrected chi connectivity index (χ4v) is 2.02. The average Bonchev–Trinajstić information content (AvgIpc) is 2.29. The Morgan fingerprint density at radius 3 is 2.50 bits per heavy atom. The maximum atomic E-state index is 12.1. The second kappa shape index (κ2) is 8.01. The predicted molar refractivity (Wildman–Crippen MR) is 66.1 cm³/mol. The molecule has 0 aromatic rings. The molecule has 4 nitrogen and oxygen atoms in total. The zero-order valence-electron chi connectivity index (χ0n) is 10.5. The minimum atomic E-state index is -0.0450. The molecular formula is C12H26N2O2. The van der Waals surface area contributed by atoms with E-state index < -0.39 is 0 Å². The fourth-order valence-electron chi connectivity index (χ4n) is 2.02. The fraction of sp³-hybridized carbons (Fsp3) is 1.00. The Bertz CT molecular complexity index is 170. The summed E-state index contributed by atoms with van der Waals surface area (Å²) in [5.74, 6) is 0. The summed E-state index contributed by atoms with van der Waals surface area (Å²) in [5, 5.41) is 15.5. The molecule has 96 valence electrons. The first kappa shape index (κ1) is 13.9. The van der Waals surface area contributed by atoms with Crippen LogP contribution in [0.1, 0.15) is 32.6 Å². The number of unbranched alkanes of at least 4 members (excludes halogenated alkanes) is 2. The lowest BCUT2D eigenvalue weighted by molar-refractivity contribution is -0.888. The van der Waals surface area contributed by atoms with Crippen LogP contribution in [-0.4, -0.2) is 50.6 Å². The summed E-state index contributed by atoms with van der Waals surface area (Å²) in [4.78, 5) is 0. The van der Waals surface area contributed by atoms with Crippen LogP contribution in [0.5, 0.6) is 0 Å². The minimum Gasteiger partial charge on any atom is -0.633 e. The molecule has 0 amide bonds. The molecule has 1 aliphatic heterocycles. The van der Waals surface area contributed by atoms with Crippen LogP contribution in [-0.2, 0) is 4.74 Å². The maximum absolute atomic E-state index is 12.1. The highest BCUT2D eigenvalue weighted by Gasteiger charge is 2.19. The van der Waals surface area contributed by atoms with Crippen molar-refractivity contribution in [3.05, 3.63) is 5.21 Å². The van der Waals surface area contributed by atoms with Crippen LogP contribution < -0.4 is 5.32 Å². The number of hydrogen-bond donors (Lipinski definition) is 1. The molecule has 0 unspecified atom stereocenters. The highest BCUT2D eigenvalue weighted by Crippen LogP contribution is 2.09. The van der Waals surface area contributed by atoms with E-state index in [2.05, 4.69) is 12.2 Å². The van der Waals surface area contributed by atoms with Crippen molar-refractivity contribution < 1.29 is 9.38 Å². The van der Waals surface area contributed by atoms with E-state index in [0.29, 0.717) is 26.3 Å². The molecule has 0 atom stereocenters. The molecule has 0 radical (unpaired) electrons. The number of rotatable bonds is 8. The van der Waals surface area contributed by atoms with E-state index in [1.165, 1.54) is 19.3 Å². The average molecular weight is 230 g/mol. The standard InChI is InChI=1S/C12H26N2O2/c1-2-3-4-6-13-7-5-8-14(15)9-11-16-12-10-14/h13H,2-12H2,1H3. The molecule has 16 heavy (non-hydrogen) atoms. The molecule has 0 spiro atoms. The van der Waals surface area contributed by atoms with E-state index in [1.54, 1.807) is 0 Å². The van der Waals surface area contributed by atoms with Crippen molar-refractivity contribution in [2.75, 3.05) is 45.9 Å². The van der Waals surface area contributed by atoms with Crippen LogP contribution in [0.15, 0.2) is 0 Å². The van der Waals surface area contributed by atoms with Crippen LogP contribution in [0, 0.1) is 5.21 Å². The van der Waals surface area contributed by atoms with Crippen molar-refractivity contribution in [1.82, 2.24) is 5.32 Å². The van der Waals surface area contributed by atoms with Crippen molar-refractivity contribution in [3.63, 3.8) is 0 Å².